The fourth-order valence-electron chi connectivity index (χ4n) is 1.29. The Bertz CT molecular complexity index is 286. The van der Waals surface area contributed by atoms with Gasteiger partial charge >= 0.3 is 0 Å². The van der Waals surface area contributed by atoms with Gasteiger partial charge in [0, 0.05) is 11.9 Å². The average molecular weight is 228 g/mol. The molecule has 0 bridgehead atoms. The Labute approximate surface area is 95.6 Å². The van der Waals surface area contributed by atoms with Crippen LogP contribution in [0.2, 0.25) is 0 Å². The third-order valence-corrected chi connectivity index (χ3v) is 3.18. The maximum atomic E-state index is 9.57. The van der Waals surface area contributed by atoms with E-state index in [4.69, 9.17) is 0 Å². The van der Waals surface area contributed by atoms with Crippen molar-refractivity contribution >= 4 is 11.3 Å². The van der Waals surface area contributed by atoms with Crippen molar-refractivity contribution < 1.29 is 5.11 Å². The minimum atomic E-state index is -0.199. The van der Waals surface area contributed by atoms with Gasteiger partial charge in [-0.3, -0.25) is 0 Å². The van der Waals surface area contributed by atoms with Crippen molar-refractivity contribution in [2.75, 3.05) is 6.54 Å². The molecule has 0 aliphatic rings. The largest absolute Gasteiger partial charge is 0.393 e. The zero-order valence-electron chi connectivity index (χ0n) is 9.66. The smallest absolute Gasteiger partial charge is 0.0897 e. The van der Waals surface area contributed by atoms with E-state index in [9.17, 15) is 5.11 Å². The Kier molecular flexibility index (Phi) is 5.22. The molecule has 86 valence electrons. The number of hydrogen-bond donors (Lipinski definition) is 2. The lowest BCUT2D eigenvalue weighted by atomic mass is 10.0. The Morgan fingerprint density at radius 3 is 2.80 bits per heavy atom. The Hall–Kier alpha value is -0.450. The molecule has 15 heavy (non-hydrogen) atoms. The van der Waals surface area contributed by atoms with Crippen molar-refractivity contribution in [2.24, 2.45) is 5.92 Å². The highest BCUT2D eigenvalue weighted by Gasteiger charge is 2.07. The normalized spacial score (nSPS) is 13.4. The van der Waals surface area contributed by atoms with Crippen LogP contribution in [0.3, 0.4) is 0 Å². The molecule has 1 aromatic heterocycles. The van der Waals surface area contributed by atoms with Crippen LogP contribution in [0, 0.1) is 12.8 Å². The van der Waals surface area contributed by atoms with Crippen LogP contribution in [-0.2, 0) is 6.54 Å². The molecule has 0 saturated heterocycles. The van der Waals surface area contributed by atoms with Gasteiger partial charge in [-0.05, 0) is 25.8 Å². The first-order valence-electron chi connectivity index (χ1n) is 5.39. The van der Waals surface area contributed by atoms with Crippen molar-refractivity contribution in [1.82, 2.24) is 10.3 Å². The second-order valence-electron chi connectivity index (χ2n) is 4.13. The topological polar surface area (TPSA) is 45.2 Å². The molecular formula is C11H20N2OS. The predicted molar refractivity (Wildman–Crippen MR) is 64.0 cm³/mol. The first-order valence-corrected chi connectivity index (χ1v) is 6.27. The number of nitrogens with one attached hydrogen (secondary N) is 1. The van der Waals surface area contributed by atoms with Gasteiger partial charge < -0.3 is 10.4 Å². The fraction of sp³-hybridized carbons (Fsp3) is 0.727. The molecule has 1 rings (SSSR count). The molecule has 4 heteroatoms. The van der Waals surface area contributed by atoms with E-state index >= 15 is 0 Å². The van der Waals surface area contributed by atoms with Crippen molar-refractivity contribution in [2.45, 2.75) is 39.8 Å². The van der Waals surface area contributed by atoms with Gasteiger partial charge in [0.05, 0.1) is 16.8 Å². The maximum Gasteiger partial charge on any atom is 0.0897 e. The predicted octanol–water partition coefficient (Wildman–Crippen LogP) is 1.95. The number of aliphatic hydroxyl groups excluding tert-OH is 1. The van der Waals surface area contributed by atoms with Gasteiger partial charge in [-0.2, -0.15) is 0 Å². The van der Waals surface area contributed by atoms with Gasteiger partial charge in [0.25, 0.3) is 0 Å². The number of hydrogen-bond acceptors (Lipinski definition) is 4. The molecule has 2 N–H and O–H groups in total. The number of aryl methyl sites for hydroxylation is 1. The molecule has 1 atom stereocenters. The van der Waals surface area contributed by atoms with Gasteiger partial charge in [0.15, 0.2) is 0 Å². The molecule has 3 nitrogen and oxygen atoms in total. The third kappa shape index (κ3) is 4.73. The summed E-state index contributed by atoms with van der Waals surface area (Å²) in [6.07, 6.45) is 0.607. The summed E-state index contributed by atoms with van der Waals surface area (Å²) >= 11 is 1.67. The summed E-state index contributed by atoms with van der Waals surface area (Å²) < 4.78 is 0. The third-order valence-electron chi connectivity index (χ3n) is 2.36. The van der Waals surface area contributed by atoms with Crippen molar-refractivity contribution in [3.05, 3.63) is 16.1 Å². The monoisotopic (exact) mass is 228 g/mol. The highest BCUT2D eigenvalue weighted by atomic mass is 32.1. The number of aromatic nitrogens is 1. The van der Waals surface area contributed by atoms with Gasteiger partial charge in [0.1, 0.15) is 0 Å². The minimum absolute atomic E-state index is 0.199. The highest BCUT2D eigenvalue weighted by molar-refractivity contribution is 7.09. The summed E-state index contributed by atoms with van der Waals surface area (Å²) in [6.45, 7) is 7.73. The molecule has 0 fully saturated rings. The Balaban J connectivity index is 2.12. The van der Waals surface area contributed by atoms with Crippen LogP contribution in [0.5, 0.6) is 0 Å². The molecule has 0 radical (unpaired) electrons. The summed E-state index contributed by atoms with van der Waals surface area (Å²) in [4.78, 5) is 4.36. The molecule has 0 saturated carbocycles. The van der Waals surface area contributed by atoms with Gasteiger partial charge in [-0.1, -0.05) is 13.8 Å². The molecule has 0 aliphatic carbocycles. The number of thiazole rings is 1. The number of rotatable bonds is 6. The number of nitrogens with zero attached hydrogens (tertiary/aromatic N) is 1. The van der Waals surface area contributed by atoms with Crippen LogP contribution in [0.25, 0.3) is 0 Å². The van der Waals surface area contributed by atoms with Gasteiger partial charge in [0.2, 0.25) is 0 Å². The second-order valence-corrected chi connectivity index (χ2v) is 5.20. The fourth-order valence-corrected chi connectivity index (χ4v) is 1.90. The van der Waals surface area contributed by atoms with Crippen LogP contribution in [0.15, 0.2) is 5.38 Å². The van der Waals surface area contributed by atoms with E-state index in [1.54, 1.807) is 11.3 Å². The summed E-state index contributed by atoms with van der Waals surface area (Å²) in [7, 11) is 0. The molecule has 1 unspecified atom stereocenters. The van der Waals surface area contributed by atoms with E-state index in [1.165, 1.54) is 0 Å². The van der Waals surface area contributed by atoms with E-state index < -0.39 is 0 Å². The summed E-state index contributed by atoms with van der Waals surface area (Å²) in [5.41, 5.74) is 1.09. The van der Waals surface area contributed by atoms with Crippen LogP contribution in [0.4, 0.5) is 0 Å². The molecule has 1 aromatic rings. The van der Waals surface area contributed by atoms with E-state index in [-0.39, 0.29) is 6.10 Å². The molecule has 0 aromatic carbocycles. The van der Waals surface area contributed by atoms with Crippen LogP contribution < -0.4 is 5.32 Å². The maximum absolute atomic E-state index is 9.57. The van der Waals surface area contributed by atoms with E-state index in [2.05, 4.69) is 15.7 Å². The van der Waals surface area contributed by atoms with Crippen LogP contribution in [0.1, 0.15) is 31.0 Å². The highest BCUT2D eigenvalue weighted by Crippen LogP contribution is 2.08. The van der Waals surface area contributed by atoms with Crippen molar-refractivity contribution in [3.8, 4) is 0 Å². The molecule has 0 aliphatic heterocycles. The van der Waals surface area contributed by atoms with Crippen LogP contribution >= 0.6 is 11.3 Å². The first kappa shape index (κ1) is 12.6. The summed E-state index contributed by atoms with van der Waals surface area (Å²) in [5.74, 6) is 0.341. The minimum Gasteiger partial charge on any atom is -0.393 e. The SMILES string of the molecule is Cc1nc(CNCCC(O)C(C)C)cs1. The molecule has 1 heterocycles. The van der Waals surface area contributed by atoms with E-state index in [0.717, 1.165) is 30.2 Å². The van der Waals surface area contributed by atoms with E-state index in [1.807, 2.05) is 20.8 Å². The standard InChI is InChI=1S/C11H20N2OS/c1-8(2)11(14)4-5-12-6-10-7-15-9(3)13-10/h7-8,11-12,14H,4-6H2,1-3H3. The summed E-state index contributed by atoms with van der Waals surface area (Å²) in [5, 5.41) is 16.0. The summed E-state index contributed by atoms with van der Waals surface area (Å²) in [6, 6.07) is 0. The zero-order valence-corrected chi connectivity index (χ0v) is 10.5. The lowest BCUT2D eigenvalue weighted by molar-refractivity contribution is 0.116. The van der Waals surface area contributed by atoms with Crippen molar-refractivity contribution in [1.29, 1.82) is 0 Å². The second kappa shape index (κ2) is 6.20. The molecular weight excluding hydrogens is 208 g/mol. The van der Waals surface area contributed by atoms with E-state index in [0.29, 0.717) is 5.92 Å². The van der Waals surface area contributed by atoms with Crippen molar-refractivity contribution in [3.63, 3.8) is 0 Å². The average Bonchev–Trinajstić information content (AvgIpc) is 2.58. The van der Waals surface area contributed by atoms with Gasteiger partial charge in [-0.25, -0.2) is 4.98 Å². The quantitative estimate of drug-likeness (QED) is 0.732. The molecule has 0 amide bonds. The lowest BCUT2D eigenvalue weighted by Crippen LogP contribution is -2.23. The van der Waals surface area contributed by atoms with Crippen LogP contribution in [-0.4, -0.2) is 22.7 Å². The zero-order chi connectivity index (χ0) is 11.3. The molecule has 0 spiro atoms. The Morgan fingerprint density at radius 1 is 1.53 bits per heavy atom. The Morgan fingerprint density at radius 2 is 2.27 bits per heavy atom. The lowest BCUT2D eigenvalue weighted by Gasteiger charge is -2.13. The van der Waals surface area contributed by atoms with Gasteiger partial charge in [-0.15, -0.1) is 11.3 Å². The number of aliphatic hydroxyl groups is 1. The first-order chi connectivity index (χ1) is 7.09.